The van der Waals surface area contributed by atoms with Crippen LogP contribution in [0.4, 0.5) is 0 Å². The molecular weight excluding hydrogens is 250 g/mol. The molecule has 0 radical (unpaired) electrons. The first-order valence-corrected chi connectivity index (χ1v) is 7.07. The Hall–Kier alpha value is -1.49. The number of benzene rings is 1. The number of likely N-dealkylation sites (tertiary alicyclic amines) is 1. The third kappa shape index (κ3) is 1.70. The Labute approximate surface area is 109 Å². The molecule has 2 bridgehead atoms. The summed E-state index contributed by atoms with van der Waals surface area (Å²) in [6.07, 6.45) is 2.48. The maximum Gasteiger partial charge on any atom is 0.329 e. The molecule has 1 aromatic rings. The van der Waals surface area contributed by atoms with Crippen molar-refractivity contribution in [3.05, 3.63) is 29.8 Å². The summed E-state index contributed by atoms with van der Waals surface area (Å²) in [6, 6.07) is 7.11. The predicted octanol–water partition coefficient (Wildman–Crippen LogP) is 1.55. The summed E-state index contributed by atoms with van der Waals surface area (Å²) in [5, 5.41) is 0. The molecule has 3 rings (SSSR count). The van der Waals surface area contributed by atoms with Crippen LogP contribution in [0.1, 0.15) is 16.8 Å². The molecule has 0 aromatic heterocycles. The average Bonchev–Trinajstić information content (AvgIpc) is 2.96. The maximum atomic E-state index is 12.5. The standard InChI is InChI=1S/C13H13NO3S/c1-18-11-5-3-2-4-9(11)12(15)14-7-8-6-10(14)13(16)17-8/h2-5,8,10H,6-7H2,1H3. The molecule has 1 amide bonds. The van der Waals surface area contributed by atoms with Crippen molar-refractivity contribution in [1.82, 2.24) is 4.90 Å². The lowest BCUT2D eigenvalue weighted by atomic mass is 10.1. The number of hydrogen-bond acceptors (Lipinski definition) is 4. The Bertz CT molecular complexity index is 517. The van der Waals surface area contributed by atoms with Crippen LogP contribution in [0.2, 0.25) is 0 Å². The van der Waals surface area contributed by atoms with Gasteiger partial charge in [-0.2, -0.15) is 0 Å². The van der Waals surface area contributed by atoms with Crippen molar-refractivity contribution in [2.45, 2.75) is 23.5 Å². The first-order valence-electron chi connectivity index (χ1n) is 5.85. The average molecular weight is 263 g/mol. The quantitative estimate of drug-likeness (QED) is 0.600. The summed E-state index contributed by atoms with van der Waals surface area (Å²) in [6.45, 7) is 0.526. The summed E-state index contributed by atoms with van der Waals surface area (Å²) in [5.41, 5.74) is 0.672. The molecular formula is C13H13NO3S. The van der Waals surface area contributed by atoms with E-state index >= 15 is 0 Å². The number of amides is 1. The van der Waals surface area contributed by atoms with Gasteiger partial charge in [0, 0.05) is 11.3 Å². The van der Waals surface area contributed by atoms with Crippen molar-refractivity contribution in [3.63, 3.8) is 0 Å². The van der Waals surface area contributed by atoms with Crippen molar-refractivity contribution >= 4 is 23.6 Å². The summed E-state index contributed by atoms with van der Waals surface area (Å²) in [4.78, 5) is 26.6. The van der Waals surface area contributed by atoms with E-state index < -0.39 is 0 Å². The van der Waals surface area contributed by atoms with Gasteiger partial charge in [0.2, 0.25) is 0 Å². The summed E-state index contributed by atoms with van der Waals surface area (Å²) < 4.78 is 5.10. The van der Waals surface area contributed by atoms with E-state index in [9.17, 15) is 9.59 Å². The van der Waals surface area contributed by atoms with Crippen molar-refractivity contribution in [1.29, 1.82) is 0 Å². The van der Waals surface area contributed by atoms with Crippen LogP contribution < -0.4 is 0 Å². The van der Waals surface area contributed by atoms with Gasteiger partial charge in [0.05, 0.1) is 12.1 Å². The Morgan fingerprint density at radius 2 is 2.22 bits per heavy atom. The van der Waals surface area contributed by atoms with Gasteiger partial charge in [0.25, 0.3) is 5.91 Å². The second kappa shape index (κ2) is 4.31. The fourth-order valence-corrected chi connectivity index (χ4v) is 3.14. The van der Waals surface area contributed by atoms with Crippen molar-refractivity contribution in [2.24, 2.45) is 0 Å². The summed E-state index contributed by atoms with van der Waals surface area (Å²) in [5.74, 6) is -0.328. The van der Waals surface area contributed by atoms with Gasteiger partial charge in [-0.3, -0.25) is 4.79 Å². The Morgan fingerprint density at radius 1 is 1.44 bits per heavy atom. The number of nitrogens with zero attached hydrogens (tertiary/aromatic N) is 1. The van der Waals surface area contributed by atoms with E-state index in [0.717, 1.165) is 4.90 Å². The van der Waals surface area contributed by atoms with Gasteiger partial charge in [0.1, 0.15) is 12.1 Å². The van der Waals surface area contributed by atoms with E-state index in [1.165, 1.54) is 11.8 Å². The topological polar surface area (TPSA) is 46.6 Å². The zero-order valence-corrected chi connectivity index (χ0v) is 10.8. The van der Waals surface area contributed by atoms with Crippen LogP contribution >= 0.6 is 11.8 Å². The molecule has 2 fully saturated rings. The van der Waals surface area contributed by atoms with Crippen LogP contribution in [0.25, 0.3) is 0 Å². The van der Waals surface area contributed by atoms with Crippen molar-refractivity contribution in [3.8, 4) is 0 Å². The normalized spacial score (nSPS) is 25.4. The van der Waals surface area contributed by atoms with Gasteiger partial charge in [-0.05, 0) is 18.4 Å². The summed E-state index contributed by atoms with van der Waals surface area (Å²) >= 11 is 1.54. The number of thioether (sulfide) groups is 1. The third-order valence-corrected chi connectivity index (χ3v) is 4.21. The number of ether oxygens (including phenoxy) is 1. The van der Waals surface area contributed by atoms with E-state index in [-0.39, 0.29) is 24.0 Å². The lowest BCUT2D eigenvalue weighted by molar-refractivity contribution is -0.149. The van der Waals surface area contributed by atoms with Crippen LogP contribution in [0.5, 0.6) is 0 Å². The molecule has 0 aliphatic carbocycles. The second-order valence-corrected chi connectivity index (χ2v) is 5.32. The highest BCUT2D eigenvalue weighted by atomic mass is 32.2. The molecule has 0 saturated carbocycles. The highest BCUT2D eigenvalue weighted by Crippen LogP contribution is 2.31. The fraction of sp³-hybridized carbons (Fsp3) is 0.385. The molecule has 18 heavy (non-hydrogen) atoms. The summed E-state index contributed by atoms with van der Waals surface area (Å²) in [7, 11) is 0. The van der Waals surface area contributed by atoms with Gasteiger partial charge in [-0.25, -0.2) is 4.79 Å². The van der Waals surface area contributed by atoms with Crippen molar-refractivity contribution in [2.75, 3.05) is 12.8 Å². The minimum atomic E-state index is -0.377. The molecule has 2 aliphatic rings. The minimum Gasteiger partial charge on any atom is -0.459 e. The van der Waals surface area contributed by atoms with Crippen LogP contribution in [0, 0.1) is 0 Å². The molecule has 2 aliphatic heterocycles. The number of carbonyl (C=O) groups excluding carboxylic acids is 2. The second-order valence-electron chi connectivity index (χ2n) is 4.47. The predicted molar refractivity (Wildman–Crippen MR) is 67.5 cm³/mol. The number of hydrogen-bond donors (Lipinski definition) is 0. The SMILES string of the molecule is CSc1ccccc1C(=O)N1CC2CC1C(=O)O2. The van der Waals surface area contributed by atoms with E-state index in [0.29, 0.717) is 18.5 Å². The molecule has 4 nitrogen and oxygen atoms in total. The van der Waals surface area contributed by atoms with Gasteiger partial charge in [-0.15, -0.1) is 11.8 Å². The maximum absolute atomic E-state index is 12.5. The number of fused-ring (bicyclic) bond motifs is 2. The van der Waals surface area contributed by atoms with E-state index in [4.69, 9.17) is 4.74 Å². The molecule has 2 unspecified atom stereocenters. The third-order valence-electron chi connectivity index (χ3n) is 3.42. The molecule has 5 heteroatoms. The molecule has 94 valence electrons. The first-order chi connectivity index (χ1) is 8.70. The van der Waals surface area contributed by atoms with E-state index in [1.54, 1.807) is 4.90 Å². The van der Waals surface area contributed by atoms with Gasteiger partial charge >= 0.3 is 5.97 Å². The molecule has 0 spiro atoms. The number of rotatable bonds is 2. The van der Waals surface area contributed by atoms with Crippen molar-refractivity contribution < 1.29 is 14.3 Å². The molecule has 2 saturated heterocycles. The number of carbonyl (C=O) groups is 2. The molecule has 2 atom stereocenters. The van der Waals surface area contributed by atoms with Crippen LogP contribution in [-0.4, -0.2) is 41.7 Å². The Balaban J connectivity index is 1.89. The highest BCUT2D eigenvalue weighted by molar-refractivity contribution is 7.98. The monoisotopic (exact) mass is 263 g/mol. The fourth-order valence-electron chi connectivity index (χ4n) is 2.55. The lowest BCUT2D eigenvalue weighted by Crippen LogP contribution is -2.44. The van der Waals surface area contributed by atoms with E-state index in [2.05, 4.69) is 0 Å². The largest absolute Gasteiger partial charge is 0.459 e. The Kier molecular flexibility index (Phi) is 2.78. The smallest absolute Gasteiger partial charge is 0.329 e. The van der Waals surface area contributed by atoms with Gasteiger partial charge in [0.15, 0.2) is 0 Å². The van der Waals surface area contributed by atoms with Crippen LogP contribution in [0.3, 0.4) is 0 Å². The van der Waals surface area contributed by atoms with Crippen LogP contribution in [-0.2, 0) is 9.53 Å². The molecule has 2 heterocycles. The van der Waals surface area contributed by atoms with Gasteiger partial charge in [-0.1, -0.05) is 12.1 Å². The van der Waals surface area contributed by atoms with E-state index in [1.807, 2.05) is 30.5 Å². The minimum absolute atomic E-state index is 0.0656. The zero-order chi connectivity index (χ0) is 12.7. The molecule has 0 N–H and O–H groups in total. The first kappa shape index (κ1) is 11.6. The van der Waals surface area contributed by atoms with Gasteiger partial charge < -0.3 is 9.64 Å². The number of esters is 1. The van der Waals surface area contributed by atoms with Crippen LogP contribution in [0.15, 0.2) is 29.2 Å². The Morgan fingerprint density at radius 3 is 2.89 bits per heavy atom. The molecule has 1 aromatic carbocycles. The number of morpholine rings is 1. The highest BCUT2D eigenvalue weighted by Gasteiger charge is 2.48. The zero-order valence-electron chi connectivity index (χ0n) is 9.96. The lowest BCUT2D eigenvalue weighted by Gasteiger charge is -2.26.